The lowest BCUT2D eigenvalue weighted by Gasteiger charge is -2.35. The number of rotatable bonds is 5. The average Bonchev–Trinajstić information content (AvgIpc) is 2.68. The predicted molar refractivity (Wildman–Crippen MR) is 107 cm³/mol. The molecule has 0 aliphatic carbocycles. The minimum atomic E-state index is 0.00981. The van der Waals surface area contributed by atoms with Gasteiger partial charge < -0.3 is 5.32 Å². The molecular formula is C21H23N3OS. The van der Waals surface area contributed by atoms with E-state index in [-0.39, 0.29) is 5.91 Å². The maximum atomic E-state index is 12.3. The van der Waals surface area contributed by atoms with Gasteiger partial charge in [0.25, 0.3) is 0 Å². The van der Waals surface area contributed by atoms with Gasteiger partial charge in [-0.05, 0) is 36.8 Å². The van der Waals surface area contributed by atoms with Crippen molar-refractivity contribution in [1.82, 2.24) is 4.90 Å². The smallest absolute Gasteiger partial charge is 0.225 e. The van der Waals surface area contributed by atoms with Crippen LogP contribution in [-0.2, 0) is 4.79 Å². The fourth-order valence-electron chi connectivity index (χ4n) is 3.10. The Hall–Kier alpha value is -2.29. The van der Waals surface area contributed by atoms with E-state index in [0.717, 1.165) is 30.3 Å². The summed E-state index contributed by atoms with van der Waals surface area (Å²) in [6.07, 6.45) is 0.465. The van der Waals surface area contributed by atoms with Gasteiger partial charge in [0.1, 0.15) is 0 Å². The number of hydrogen-bond acceptors (Lipinski definition) is 4. The van der Waals surface area contributed by atoms with Gasteiger partial charge in [-0.25, -0.2) is 0 Å². The highest BCUT2D eigenvalue weighted by Gasteiger charge is 2.24. The van der Waals surface area contributed by atoms with E-state index >= 15 is 0 Å². The predicted octanol–water partition coefficient (Wildman–Crippen LogP) is 3.99. The summed E-state index contributed by atoms with van der Waals surface area (Å²) in [6, 6.07) is 18.1. The zero-order valence-corrected chi connectivity index (χ0v) is 15.8. The highest BCUT2D eigenvalue weighted by molar-refractivity contribution is 7.99. The molecule has 1 N–H and O–H groups in total. The Kier molecular flexibility index (Phi) is 6.32. The van der Waals surface area contributed by atoms with Crippen LogP contribution in [0.3, 0.4) is 0 Å². The average molecular weight is 366 g/mol. The summed E-state index contributed by atoms with van der Waals surface area (Å²) in [7, 11) is 0. The van der Waals surface area contributed by atoms with Crippen molar-refractivity contribution >= 4 is 23.4 Å². The van der Waals surface area contributed by atoms with Crippen LogP contribution in [0, 0.1) is 18.3 Å². The lowest BCUT2D eigenvalue weighted by Crippen LogP contribution is -2.38. The van der Waals surface area contributed by atoms with E-state index in [2.05, 4.69) is 47.5 Å². The fraction of sp³-hybridized carbons (Fsp3) is 0.333. The number of nitriles is 1. The number of carbonyl (C=O) groups excluding carboxylic acids is 1. The number of anilines is 1. The SMILES string of the molecule is Cc1ccc(C2CSCCN2CCC(=O)Nc2ccc(C#N)cc2)cc1. The topological polar surface area (TPSA) is 56.1 Å². The Balaban J connectivity index is 1.56. The molecule has 1 aliphatic heterocycles. The third kappa shape index (κ3) is 4.87. The first kappa shape index (κ1) is 18.5. The second kappa shape index (κ2) is 8.88. The summed E-state index contributed by atoms with van der Waals surface area (Å²) in [5, 5.41) is 11.7. The second-order valence-corrected chi connectivity index (χ2v) is 7.67. The van der Waals surface area contributed by atoms with Crippen LogP contribution in [0.1, 0.15) is 29.2 Å². The summed E-state index contributed by atoms with van der Waals surface area (Å²) < 4.78 is 0. The molecule has 3 rings (SSSR count). The number of carbonyl (C=O) groups is 1. The molecule has 26 heavy (non-hydrogen) atoms. The van der Waals surface area contributed by atoms with Crippen LogP contribution in [0.2, 0.25) is 0 Å². The lowest BCUT2D eigenvalue weighted by molar-refractivity contribution is -0.116. The third-order valence-electron chi connectivity index (χ3n) is 4.63. The van der Waals surface area contributed by atoms with E-state index in [1.54, 1.807) is 24.3 Å². The quantitative estimate of drug-likeness (QED) is 0.871. The zero-order chi connectivity index (χ0) is 18.4. The molecule has 4 nitrogen and oxygen atoms in total. The van der Waals surface area contributed by atoms with Gasteiger partial charge in [0.05, 0.1) is 11.6 Å². The summed E-state index contributed by atoms with van der Waals surface area (Å²) in [5.74, 6) is 2.19. The molecule has 0 radical (unpaired) electrons. The van der Waals surface area contributed by atoms with Crippen LogP contribution < -0.4 is 5.32 Å². The van der Waals surface area contributed by atoms with Crippen molar-refractivity contribution < 1.29 is 4.79 Å². The standard InChI is InChI=1S/C21H23N3OS/c1-16-2-6-18(7-3-16)20-15-26-13-12-24(20)11-10-21(25)23-19-8-4-17(14-22)5-9-19/h2-9,20H,10-13,15H2,1H3,(H,23,25). The molecular weight excluding hydrogens is 342 g/mol. The molecule has 1 atom stereocenters. The van der Waals surface area contributed by atoms with E-state index in [1.807, 2.05) is 11.8 Å². The molecule has 5 heteroatoms. The van der Waals surface area contributed by atoms with Gasteiger partial charge in [-0.15, -0.1) is 0 Å². The Labute approximate surface area is 159 Å². The van der Waals surface area contributed by atoms with Crippen molar-refractivity contribution in [3.63, 3.8) is 0 Å². The first-order valence-corrected chi connectivity index (χ1v) is 9.99. The molecule has 1 heterocycles. The van der Waals surface area contributed by atoms with Crippen molar-refractivity contribution in [3.05, 3.63) is 65.2 Å². The number of nitrogens with one attached hydrogen (secondary N) is 1. The maximum Gasteiger partial charge on any atom is 0.225 e. The molecule has 0 bridgehead atoms. The number of thioether (sulfide) groups is 1. The minimum Gasteiger partial charge on any atom is -0.326 e. The Morgan fingerprint density at radius 3 is 2.65 bits per heavy atom. The van der Waals surface area contributed by atoms with Crippen LogP contribution >= 0.6 is 11.8 Å². The lowest BCUT2D eigenvalue weighted by atomic mass is 10.0. The number of nitrogens with zero attached hydrogens (tertiary/aromatic N) is 2. The highest BCUT2D eigenvalue weighted by atomic mass is 32.2. The number of amides is 1. The first-order valence-electron chi connectivity index (χ1n) is 8.84. The first-order chi connectivity index (χ1) is 12.7. The van der Waals surface area contributed by atoms with E-state index in [0.29, 0.717) is 18.0 Å². The molecule has 1 fully saturated rings. The molecule has 2 aromatic rings. The fourth-order valence-corrected chi connectivity index (χ4v) is 4.25. The van der Waals surface area contributed by atoms with Crippen LogP contribution in [0.15, 0.2) is 48.5 Å². The van der Waals surface area contributed by atoms with E-state index in [4.69, 9.17) is 5.26 Å². The Bertz CT molecular complexity index is 780. The van der Waals surface area contributed by atoms with Gasteiger partial charge in [0, 0.05) is 42.7 Å². The molecule has 0 spiro atoms. The van der Waals surface area contributed by atoms with Crippen molar-refractivity contribution in [3.8, 4) is 6.07 Å². The largest absolute Gasteiger partial charge is 0.326 e. The molecule has 134 valence electrons. The molecule has 0 aromatic heterocycles. The number of aryl methyl sites for hydroxylation is 1. The van der Waals surface area contributed by atoms with Crippen molar-refractivity contribution in [2.45, 2.75) is 19.4 Å². The zero-order valence-electron chi connectivity index (χ0n) is 14.9. The number of hydrogen-bond donors (Lipinski definition) is 1. The van der Waals surface area contributed by atoms with Gasteiger partial charge in [-0.1, -0.05) is 29.8 Å². The van der Waals surface area contributed by atoms with Crippen LogP contribution in [-0.4, -0.2) is 35.4 Å². The van der Waals surface area contributed by atoms with Gasteiger partial charge in [0.2, 0.25) is 5.91 Å². The van der Waals surface area contributed by atoms with Gasteiger partial charge in [-0.2, -0.15) is 17.0 Å². The van der Waals surface area contributed by atoms with Crippen molar-refractivity contribution in [1.29, 1.82) is 5.26 Å². The summed E-state index contributed by atoms with van der Waals surface area (Å²) in [6.45, 7) is 3.86. The minimum absolute atomic E-state index is 0.00981. The molecule has 1 saturated heterocycles. The number of benzene rings is 2. The normalized spacial score (nSPS) is 17.5. The molecule has 1 aliphatic rings. The second-order valence-electron chi connectivity index (χ2n) is 6.52. The monoisotopic (exact) mass is 365 g/mol. The van der Waals surface area contributed by atoms with Crippen molar-refractivity contribution in [2.24, 2.45) is 0 Å². The van der Waals surface area contributed by atoms with E-state index in [9.17, 15) is 4.79 Å². The van der Waals surface area contributed by atoms with Crippen LogP contribution in [0.4, 0.5) is 5.69 Å². The Morgan fingerprint density at radius 1 is 1.23 bits per heavy atom. The summed E-state index contributed by atoms with van der Waals surface area (Å²) in [5.41, 5.74) is 3.92. The molecule has 1 unspecified atom stereocenters. The van der Waals surface area contributed by atoms with E-state index in [1.165, 1.54) is 11.1 Å². The Morgan fingerprint density at radius 2 is 1.96 bits per heavy atom. The van der Waals surface area contributed by atoms with Gasteiger partial charge >= 0.3 is 0 Å². The van der Waals surface area contributed by atoms with Crippen LogP contribution in [0.25, 0.3) is 0 Å². The molecule has 2 aromatic carbocycles. The molecule has 1 amide bonds. The van der Waals surface area contributed by atoms with Crippen molar-refractivity contribution in [2.75, 3.05) is 29.9 Å². The molecule has 0 saturated carbocycles. The maximum absolute atomic E-state index is 12.3. The highest BCUT2D eigenvalue weighted by Crippen LogP contribution is 2.29. The summed E-state index contributed by atoms with van der Waals surface area (Å²) >= 11 is 1.98. The van der Waals surface area contributed by atoms with Gasteiger partial charge in [-0.3, -0.25) is 9.69 Å². The third-order valence-corrected chi connectivity index (χ3v) is 5.65. The van der Waals surface area contributed by atoms with E-state index < -0.39 is 0 Å². The van der Waals surface area contributed by atoms with Crippen LogP contribution in [0.5, 0.6) is 0 Å². The summed E-state index contributed by atoms with van der Waals surface area (Å²) in [4.78, 5) is 14.7. The van der Waals surface area contributed by atoms with Gasteiger partial charge in [0.15, 0.2) is 0 Å².